The van der Waals surface area contributed by atoms with Crippen LogP contribution >= 0.6 is 0 Å². The monoisotopic (exact) mass is 313 g/mol. The van der Waals surface area contributed by atoms with E-state index in [2.05, 4.69) is 9.97 Å². The zero-order chi connectivity index (χ0) is 16.0. The van der Waals surface area contributed by atoms with Gasteiger partial charge in [-0.25, -0.2) is 9.97 Å². The van der Waals surface area contributed by atoms with Crippen LogP contribution in [0.15, 0.2) is 12.3 Å². The number of nitrogens with one attached hydrogen (secondary N) is 1. The summed E-state index contributed by atoms with van der Waals surface area (Å²) >= 11 is 0. The first-order valence-corrected chi connectivity index (χ1v) is 7.25. The van der Waals surface area contributed by atoms with E-state index in [4.69, 9.17) is 5.73 Å². The molecular weight excluding hydrogens is 297 g/mol. The minimum Gasteiger partial charge on any atom is -0.675 e. The average Bonchev–Trinajstić information content (AvgIpc) is 2.75. The lowest BCUT2D eigenvalue weighted by Crippen LogP contribution is -2.39. The van der Waals surface area contributed by atoms with E-state index in [1.54, 1.807) is 0 Å². The van der Waals surface area contributed by atoms with Gasteiger partial charge in [-0.3, -0.25) is 9.69 Å². The summed E-state index contributed by atoms with van der Waals surface area (Å²) < 4.78 is 38.1. The van der Waals surface area contributed by atoms with Crippen LogP contribution in [0.4, 0.5) is 19.0 Å². The lowest BCUT2D eigenvalue weighted by atomic mass is 9.71. The van der Waals surface area contributed by atoms with Crippen LogP contribution in [0, 0.1) is 5.41 Å². The van der Waals surface area contributed by atoms with Crippen molar-refractivity contribution in [2.45, 2.75) is 44.3 Å². The van der Waals surface area contributed by atoms with Gasteiger partial charge in [0.1, 0.15) is 5.82 Å². The Kier molecular flexibility index (Phi) is 3.58. The van der Waals surface area contributed by atoms with Crippen LogP contribution in [-0.2, 0) is 11.0 Å². The van der Waals surface area contributed by atoms with Gasteiger partial charge in [0.25, 0.3) is 0 Å². The summed E-state index contributed by atoms with van der Waals surface area (Å²) in [6.45, 7) is 0.347. The van der Waals surface area contributed by atoms with Crippen molar-refractivity contribution >= 4 is 11.7 Å². The number of rotatable bonds is 1. The lowest BCUT2D eigenvalue weighted by Gasteiger charge is -2.38. The summed E-state index contributed by atoms with van der Waals surface area (Å²) in [5.41, 5.74) is 7.30. The van der Waals surface area contributed by atoms with Crippen LogP contribution in [0.2, 0.25) is 0 Å². The maximum atomic E-state index is 12.7. The first-order valence-electron chi connectivity index (χ1n) is 7.25. The third-order valence-corrected chi connectivity index (χ3v) is 4.53. The zero-order valence-electron chi connectivity index (χ0n) is 11.9. The van der Waals surface area contributed by atoms with Crippen LogP contribution in [0.5, 0.6) is 0 Å². The standard InChI is InChI=1S/C14H16F3N4O/c15-14(16,17)11-19-6-3-10(20-11)21-7-5-13(12(21)22)4-1-2-9(18)8-13/h3,6,9,18H,1-2,4-5,7-8H2/q-1/t9-,13-/m1/s1. The number of nitrogens with zero attached hydrogens (tertiary/aromatic N) is 3. The van der Waals surface area contributed by atoms with E-state index in [-0.39, 0.29) is 17.8 Å². The summed E-state index contributed by atoms with van der Waals surface area (Å²) in [4.78, 5) is 20.7. The largest absolute Gasteiger partial charge is 0.675 e. The molecule has 5 nitrogen and oxygen atoms in total. The highest BCUT2D eigenvalue weighted by Crippen LogP contribution is 2.46. The Morgan fingerprint density at radius 1 is 1.36 bits per heavy atom. The van der Waals surface area contributed by atoms with Crippen molar-refractivity contribution in [3.8, 4) is 0 Å². The molecule has 1 spiro atoms. The Balaban J connectivity index is 1.87. The molecule has 0 aromatic carbocycles. The molecule has 1 aliphatic carbocycles. The maximum absolute atomic E-state index is 12.7. The van der Waals surface area contributed by atoms with Crippen molar-refractivity contribution in [2.75, 3.05) is 11.4 Å². The molecule has 1 saturated carbocycles. The van der Waals surface area contributed by atoms with Crippen LogP contribution in [0.25, 0.3) is 5.73 Å². The van der Waals surface area contributed by atoms with E-state index in [9.17, 15) is 18.0 Å². The van der Waals surface area contributed by atoms with Crippen LogP contribution in [0.1, 0.15) is 37.9 Å². The van der Waals surface area contributed by atoms with Gasteiger partial charge in [-0.1, -0.05) is 19.3 Å². The fourth-order valence-corrected chi connectivity index (χ4v) is 3.46. The van der Waals surface area contributed by atoms with Gasteiger partial charge in [0.05, 0.1) is 5.41 Å². The molecule has 1 saturated heterocycles. The Bertz CT molecular complexity index is 592. The highest BCUT2D eigenvalue weighted by molar-refractivity contribution is 5.99. The van der Waals surface area contributed by atoms with Crippen molar-refractivity contribution in [3.63, 3.8) is 0 Å². The summed E-state index contributed by atoms with van der Waals surface area (Å²) in [5.74, 6) is -1.44. The normalized spacial score (nSPS) is 29.4. The van der Waals surface area contributed by atoms with E-state index in [1.165, 1.54) is 11.0 Å². The smallest absolute Gasteiger partial charge is 0.451 e. The second-order valence-electron chi connectivity index (χ2n) is 6.02. The van der Waals surface area contributed by atoms with Gasteiger partial charge in [0.15, 0.2) is 0 Å². The summed E-state index contributed by atoms with van der Waals surface area (Å²) in [7, 11) is 0. The number of halogens is 3. The molecule has 2 heterocycles. The summed E-state index contributed by atoms with van der Waals surface area (Å²) in [5, 5.41) is 0. The fourth-order valence-electron chi connectivity index (χ4n) is 3.46. The van der Waals surface area contributed by atoms with Gasteiger partial charge < -0.3 is 5.73 Å². The number of anilines is 1. The van der Waals surface area contributed by atoms with E-state index in [0.29, 0.717) is 25.8 Å². The number of amides is 1. The number of hydrogen-bond donors (Lipinski definition) is 0. The second-order valence-corrected chi connectivity index (χ2v) is 6.02. The molecule has 0 radical (unpaired) electrons. The Labute approximate surface area is 125 Å². The number of hydrogen-bond acceptors (Lipinski definition) is 3. The van der Waals surface area contributed by atoms with Crippen molar-refractivity contribution in [1.29, 1.82) is 0 Å². The Hall–Kier alpha value is -1.70. The van der Waals surface area contributed by atoms with Gasteiger partial charge in [-0.05, 0) is 18.9 Å². The molecule has 0 bridgehead atoms. The molecule has 1 amide bonds. The van der Waals surface area contributed by atoms with Crippen molar-refractivity contribution < 1.29 is 18.0 Å². The molecule has 1 aromatic rings. The van der Waals surface area contributed by atoms with Crippen molar-refractivity contribution in [1.82, 2.24) is 9.97 Å². The van der Waals surface area contributed by atoms with Crippen molar-refractivity contribution in [3.05, 3.63) is 23.8 Å². The molecule has 2 fully saturated rings. The molecule has 22 heavy (non-hydrogen) atoms. The highest BCUT2D eigenvalue weighted by Gasteiger charge is 2.48. The molecule has 0 unspecified atom stereocenters. The molecule has 2 atom stereocenters. The molecule has 1 N–H and O–H groups in total. The quantitative estimate of drug-likeness (QED) is 0.799. The second kappa shape index (κ2) is 5.19. The molecule has 120 valence electrons. The van der Waals surface area contributed by atoms with Gasteiger partial charge >= 0.3 is 6.18 Å². The van der Waals surface area contributed by atoms with Crippen LogP contribution in [-0.4, -0.2) is 28.5 Å². The third kappa shape index (κ3) is 2.55. The van der Waals surface area contributed by atoms with E-state index in [0.717, 1.165) is 19.0 Å². The molecular formula is C14H16F3N4O-. The predicted molar refractivity (Wildman–Crippen MR) is 73.0 cm³/mol. The predicted octanol–water partition coefficient (Wildman–Crippen LogP) is 3.21. The summed E-state index contributed by atoms with van der Waals surface area (Å²) in [6.07, 6.45) is -0.252. The molecule has 1 aromatic heterocycles. The minimum absolute atomic E-state index is 0.00342. The van der Waals surface area contributed by atoms with Gasteiger partial charge in [-0.15, -0.1) is 6.04 Å². The molecule has 3 rings (SSSR count). The Morgan fingerprint density at radius 2 is 2.14 bits per heavy atom. The molecule has 8 heteroatoms. The highest BCUT2D eigenvalue weighted by atomic mass is 19.4. The van der Waals surface area contributed by atoms with E-state index >= 15 is 0 Å². The first-order chi connectivity index (χ1) is 10.3. The van der Waals surface area contributed by atoms with E-state index in [1.807, 2.05) is 0 Å². The van der Waals surface area contributed by atoms with Crippen LogP contribution < -0.4 is 4.90 Å². The Morgan fingerprint density at radius 3 is 2.82 bits per heavy atom. The van der Waals surface area contributed by atoms with E-state index < -0.39 is 17.4 Å². The molecule has 2 aliphatic rings. The SMILES string of the molecule is [NH-][C@@H]1CCC[C@@]2(CCN(c3ccnc(C(F)(F)F)n3)C2=O)C1. The minimum atomic E-state index is -4.63. The lowest BCUT2D eigenvalue weighted by molar-refractivity contribution is -0.145. The number of alkyl halides is 3. The van der Waals surface area contributed by atoms with Crippen LogP contribution in [0.3, 0.4) is 0 Å². The topological polar surface area (TPSA) is 69.9 Å². The number of aromatic nitrogens is 2. The fraction of sp³-hybridized carbons (Fsp3) is 0.643. The van der Waals surface area contributed by atoms with Gasteiger partial charge in [0, 0.05) is 12.7 Å². The summed E-state index contributed by atoms with van der Waals surface area (Å²) in [6, 6.07) is 1.06. The third-order valence-electron chi connectivity index (χ3n) is 4.53. The van der Waals surface area contributed by atoms with Crippen molar-refractivity contribution in [2.24, 2.45) is 5.41 Å². The molecule has 1 aliphatic heterocycles. The van der Waals surface area contributed by atoms with Gasteiger partial charge in [-0.2, -0.15) is 13.2 Å². The first kappa shape index (κ1) is 15.2. The van der Waals surface area contributed by atoms with Gasteiger partial charge in [0.2, 0.25) is 11.7 Å². The number of carbonyl (C=O) groups excluding carboxylic acids is 1. The average molecular weight is 313 g/mol. The zero-order valence-corrected chi connectivity index (χ0v) is 11.9. The maximum Gasteiger partial charge on any atom is 0.451 e. The number of carbonyl (C=O) groups is 1.